The number of hydrogen-bond acceptors (Lipinski definition) is 5. The van der Waals surface area contributed by atoms with Gasteiger partial charge in [-0.3, -0.25) is 9.79 Å². The van der Waals surface area contributed by atoms with Gasteiger partial charge in [0.05, 0.1) is 0 Å². The van der Waals surface area contributed by atoms with E-state index in [1.54, 1.807) is 13.2 Å². The minimum absolute atomic E-state index is 0.140. The van der Waals surface area contributed by atoms with E-state index < -0.39 is 0 Å². The van der Waals surface area contributed by atoms with Crippen LogP contribution in [0.4, 0.5) is 5.82 Å². The quantitative estimate of drug-likeness (QED) is 0.540. The number of carbonyl (C=O) groups excluding carboxylic acids is 1. The maximum atomic E-state index is 12.5. The van der Waals surface area contributed by atoms with Crippen molar-refractivity contribution in [3.63, 3.8) is 0 Å². The fraction of sp³-hybridized carbons (Fsp3) is 0.632. The Hall–Kier alpha value is -1.96. The predicted molar refractivity (Wildman–Crippen MR) is 115 cm³/mol. The third kappa shape index (κ3) is 6.93. The number of carbonyl (C=O) groups is 1. The van der Waals surface area contributed by atoms with Crippen molar-refractivity contribution in [1.29, 1.82) is 0 Å². The summed E-state index contributed by atoms with van der Waals surface area (Å²) in [6, 6.07) is 5.92. The van der Waals surface area contributed by atoms with Crippen molar-refractivity contribution in [2.24, 2.45) is 4.99 Å². The average Bonchev–Trinajstić information content (AvgIpc) is 2.71. The van der Waals surface area contributed by atoms with E-state index in [9.17, 15) is 4.79 Å². The molecule has 2 N–H and O–H groups in total. The monoisotopic (exact) mass is 392 g/mol. The molecule has 27 heavy (non-hydrogen) atoms. The molecule has 0 bridgehead atoms. The van der Waals surface area contributed by atoms with Crippen molar-refractivity contribution in [1.82, 2.24) is 20.5 Å². The minimum Gasteiger partial charge on any atom is -0.356 e. The first-order valence-electron chi connectivity index (χ1n) is 9.38. The third-order valence-electron chi connectivity index (χ3n) is 4.69. The highest BCUT2D eigenvalue weighted by molar-refractivity contribution is 7.99. The van der Waals surface area contributed by atoms with Gasteiger partial charge in [0, 0.05) is 63.7 Å². The molecule has 0 atom stereocenters. The first-order chi connectivity index (χ1) is 12.9. The number of guanidine groups is 1. The maximum Gasteiger partial charge on any atom is 0.224 e. The molecule has 8 heteroatoms. The summed E-state index contributed by atoms with van der Waals surface area (Å²) >= 11 is 1.81. The highest BCUT2D eigenvalue weighted by Crippen LogP contribution is 2.19. The van der Waals surface area contributed by atoms with Gasteiger partial charge >= 0.3 is 0 Å². The number of piperazine rings is 1. The molecule has 0 unspecified atom stereocenters. The SMILES string of the molecule is CN=C(NCCC(=O)N1CCN(c2ccccn2)CC1)NCC(C)(C)SC. The van der Waals surface area contributed by atoms with Crippen LogP contribution in [0.15, 0.2) is 29.4 Å². The molecule has 1 saturated heterocycles. The zero-order chi connectivity index (χ0) is 19.7. The molecular weight excluding hydrogens is 360 g/mol. The Balaban J connectivity index is 1.69. The van der Waals surface area contributed by atoms with Crippen molar-refractivity contribution in [2.45, 2.75) is 25.0 Å². The fourth-order valence-corrected chi connectivity index (χ4v) is 2.98. The molecule has 2 heterocycles. The number of thioether (sulfide) groups is 1. The van der Waals surface area contributed by atoms with Crippen LogP contribution in [0.2, 0.25) is 0 Å². The first-order valence-corrected chi connectivity index (χ1v) is 10.6. The largest absolute Gasteiger partial charge is 0.356 e. The highest BCUT2D eigenvalue weighted by Gasteiger charge is 2.21. The number of hydrogen-bond donors (Lipinski definition) is 2. The van der Waals surface area contributed by atoms with Gasteiger partial charge in [-0.15, -0.1) is 0 Å². The Bertz CT molecular complexity index is 614. The zero-order valence-corrected chi connectivity index (χ0v) is 17.7. The van der Waals surface area contributed by atoms with Gasteiger partial charge in [-0.2, -0.15) is 11.8 Å². The van der Waals surface area contributed by atoms with Crippen LogP contribution in [0, 0.1) is 0 Å². The standard InChI is InChI=1S/C19H32N6OS/c1-19(2,27-4)15-23-18(20-3)22-10-8-17(26)25-13-11-24(12-14-25)16-7-5-6-9-21-16/h5-7,9H,8,10-15H2,1-4H3,(H2,20,22,23). The summed E-state index contributed by atoms with van der Waals surface area (Å²) in [6.45, 7) is 8.90. The van der Waals surface area contributed by atoms with Crippen molar-refractivity contribution in [3.05, 3.63) is 24.4 Å². The molecule has 2 rings (SSSR count). The topological polar surface area (TPSA) is 72.9 Å². The van der Waals surface area contributed by atoms with Gasteiger partial charge in [-0.1, -0.05) is 6.07 Å². The summed E-state index contributed by atoms with van der Waals surface area (Å²) in [4.78, 5) is 25.2. The molecule has 0 aromatic carbocycles. The Kier molecular flexibility index (Phi) is 8.22. The second-order valence-corrected chi connectivity index (χ2v) is 8.64. The van der Waals surface area contributed by atoms with E-state index in [1.165, 1.54) is 0 Å². The van der Waals surface area contributed by atoms with Gasteiger partial charge in [-0.05, 0) is 32.2 Å². The van der Waals surface area contributed by atoms with Crippen LogP contribution in [-0.4, -0.2) is 79.1 Å². The van der Waals surface area contributed by atoms with Gasteiger partial charge < -0.3 is 20.4 Å². The van der Waals surface area contributed by atoms with Crippen LogP contribution in [-0.2, 0) is 4.79 Å². The molecule has 7 nitrogen and oxygen atoms in total. The lowest BCUT2D eigenvalue weighted by atomic mass is 10.2. The lowest BCUT2D eigenvalue weighted by Crippen LogP contribution is -2.50. The molecule has 1 aromatic rings. The van der Waals surface area contributed by atoms with Crippen LogP contribution < -0.4 is 15.5 Å². The second kappa shape index (κ2) is 10.4. The maximum absolute atomic E-state index is 12.5. The lowest BCUT2D eigenvalue weighted by Gasteiger charge is -2.35. The molecule has 1 amide bonds. The van der Waals surface area contributed by atoms with Crippen LogP contribution >= 0.6 is 11.8 Å². The number of pyridine rings is 1. The minimum atomic E-state index is 0.140. The molecule has 1 aliphatic heterocycles. The van der Waals surface area contributed by atoms with E-state index in [0.29, 0.717) is 13.0 Å². The zero-order valence-electron chi connectivity index (χ0n) is 16.9. The molecule has 0 saturated carbocycles. The second-order valence-electron chi connectivity index (χ2n) is 7.12. The Morgan fingerprint density at radius 2 is 2.00 bits per heavy atom. The molecule has 0 aliphatic carbocycles. The van der Waals surface area contributed by atoms with Gasteiger partial charge in [0.15, 0.2) is 5.96 Å². The van der Waals surface area contributed by atoms with Gasteiger partial charge in [-0.25, -0.2) is 4.98 Å². The third-order valence-corrected chi connectivity index (χ3v) is 5.94. The number of aliphatic imine (C=N–C) groups is 1. The van der Waals surface area contributed by atoms with Crippen molar-refractivity contribution >= 4 is 29.4 Å². The van der Waals surface area contributed by atoms with Crippen molar-refractivity contribution in [2.75, 3.05) is 57.5 Å². The summed E-state index contributed by atoms with van der Waals surface area (Å²) in [5.41, 5.74) is 0. The van der Waals surface area contributed by atoms with Crippen molar-refractivity contribution < 1.29 is 4.79 Å². The van der Waals surface area contributed by atoms with Gasteiger partial charge in [0.1, 0.15) is 5.82 Å². The molecule has 0 radical (unpaired) electrons. The van der Waals surface area contributed by atoms with E-state index in [2.05, 4.69) is 45.6 Å². The molecule has 1 fully saturated rings. The summed E-state index contributed by atoms with van der Waals surface area (Å²) < 4.78 is 0.140. The number of nitrogens with one attached hydrogen (secondary N) is 2. The van der Waals surface area contributed by atoms with Crippen LogP contribution in [0.25, 0.3) is 0 Å². The molecule has 1 aromatic heterocycles. The van der Waals surface area contributed by atoms with E-state index >= 15 is 0 Å². The molecule has 150 valence electrons. The fourth-order valence-electron chi connectivity index (χ4n) is 2.76. The Morgan fingerprint density at radius 1 is 1.26 bits per heavy atom. The molecular formula is C19H32N6OS. The van der Waals surface area contributed by atoms with Crippen molar-refractivity contribution in [3.8, 4) is 0 Å². The van der Waals surface area contributed by atoms with Gasteiger partial charge in [0.2, 0.25) is 5.91 Å². The highest BCUT2D eigenvalue weighted by atomic mass is 32.2. The summed E-state index contributed by atoms with van der Waals surface area (Å²) in [5.74, 6) is 1.90. The van der Waals surface area contributed by atoms with E-state index in [-0.39, 0.29) is 10.7 Å². The predicted octanol–water partition coefficient (Wildman–Crippen LogP) is 1.43. The Morgan fingerprint density at radius 3 is 2.59 bits per heavy atom. The first kappa shape index (κ1) is 21.3. The van der Waals surface area contributed by atoms with Crippen LogP contribution in [0.5, 0.6) is 0 Å². The summed E-state index contributed by atoms with van der Waals surface area (Å²) in [6.07, 6.45) is 4.38. The smallest absolute Gasteiger partial charge is 0.224 e. The summed E-state index contributed by atoms with van der Waals surface area (Å²) in [7, 11) is 1.75. The number of rotatable bonds is 7. The number of nitrogens with zero attached hydrogens (tertiary/aromatic N) is 4. The van der Waals surface area contributed by atoms with Crippen LogP contribution in [0.1, 0.15) is 20.3 Å². The number of aromatic nitrogens is 1. The number of amides is 1. The van der Waals surface area contributed by atoms with Crippen LogP contribution in [0.3, 0.4) is 0 Å². The molecule has 1 aliphatic rings. The normalized spacial score (nSPS) is 15.6. The lowest BCUT2D eigenvalue weighted by molar-refractivity contribution is -0.131. The summed E-state index contributed by atoms with van der Waals surface area (Å²) in [5, 5.41) is 6.55. The number of anilines is 1. The van der Waals surface area contributed by atoms with Gasteiger partial charge in [0.25, 0.3) is 0 Å². The van der Waals surface area contributed by atoms with E-state index in [1.807, 2.05) is 34.9 Å². The van der Waals surface area contributed by atoms with E-state index in [4.69, 9.17) is 0 Å². The molecule has 0 spiro atoms. The average molecular weight is 393 g/mol. The Labute approximate surface area is 167 Å². The van der Waals surface area contributed by atoms with E-state index in [0.717, 1.165) is 44.5 Å².